The van der Waals surface area contributed by atoms with Crippen LogP contribution in [0.1, 0.15) is 20.8 Å². The topological polar surface area (TPSA) is 66.4 Å². The maximum Gasteiger partial charge on any atom is 0.328 e. The quantitative estimate of drug-likeness (QED) is 0.524. The molecule has 1 amide bonds. The average Bonchev–Trinajstić information content (AvgIpc) is 2.03. The van der Waals surface area contributed by atoms with E-state index in [1.165, 1.54) is 19.9 Å². The number of aliphatic carboxylic acids is 1. The third-order valence-corrected chi connectivity index (χ3v) is 1.52. The Balaban J connectivity index is 4.26. The molecule has 0 aromatic carbocycles. The van der Waals surface area contributed by atoms with Gasteiger partial charge in [-0.1, -0.05) is 18.2 Å². The van der Waals surface area contributed by atoms with Gasteiger partial charge in [0.1, 0.15) is 5.54 Å². The lowest BCUT2D eigenvalue weighted by Crippen LogP contribution is -2.49. The molecule has 0 unspecified atom stereocenters. The van der Waals surface area contributed by atoms with Crippen molar-refractivity contribution in [2.45, 2.75) is 26.3 Å². The number of amides is 1. The Morgan fingerprint density at radius 3 is 2.29 bits per heavy atom. The van der Waals surface area contributed by atoms with E-state index < -0.39 is 17.4 Å². The Kier molecular flexibility index (Phi) is 4.63. The van der Waals surface area contributed by atoms with Crippen LogP contribution in [0.5, 0.6) is 0 Å². The van der Waals surface area contributed by atoms with E-state index in [2.05, 4.69) is 5.32 Å². The molecule has 4 nitrogen and oxygen atoms in total. The Morgan fingerprint density at radius 2 is 1.86 bits per heavy atom. The molecule has 0 spiro atoms. The predicted octanol–water partition coefficient (Wildman–Crippen LogP) is 1.10. The molecule has 0 aromatic heterocycles. The Bertz CT molecular complexity index is 277. The average molecular weight is 197 g/mol. The fraction of sp³-hybridized carbons (Fsp3) is 0.400. The van der Waals surface area contributed by atoms with Gasteiger partial charge in [-0.05, 0) is 20.8 Å². The third-order valence-electron chi connectivity index (χ3n) is 1.52. The maximum absolute atomic E-state index is 11.1. The number of carbonyl (C=O) groups is 2. The molecule has 0 saturated heterocycles. The number of hydrogen-bond acceptors (Lipinski definition) is 2. The maximum atomic E-state index is 11.1. The highest BCUT2D eigenvalue weighted by atomic mass is 16.4. The zero-order valence-electron chi connectivity index (χ0n) is 8.57. The first-order valence-electron chi connectivity index (χ1n) is 4.25. The van der Waals surface area contributed by atoms with Gasteiger partial charge >= 0.3 is 5.97 Å². The molecule has 0 bridgehead atoms. The van der Waals surface area contributed by atoms with Crippen LogP contribution < -0.4 is 5.32 Å². The summed E-state index contributed by atoms with van der Waals surface area (Å²) in [6.07, 6.45) is 6.29. The lowest BCUT2D eigenvalue weighted by atomic mass is 10.1. The summed E-state index contributed by atoms with van der Waals surface area (Å²) in [5.41, 5.74) is -1.24. The third kappa shape index (κ3) is 4.45. The van der Waals surface area contributed by atoms with E-state index in [0.717, 1.165) is 0 Å². The summed E-state index contributed by atoms with van der Waals surface area (Å²) in [5.74, 6) is -1.49. The van der Waals surface area contributed by atoms with Gasteiger partial charge in [0.05, 0.1) is 0 Å². The molecule has 0 aliphatic carbocycles. The van der Waals surface area contributed by atoms with E-state index >= 15 is 0 Å². The molecule has 0 radical (unpaired) electrons. The smallest absolute Gasteiger partial charge is 0.328 e. The normalized spacial score (nSPS) is 12.2. The molecule has 0 saturated carbocycles. The van der Waals surface area contributed by atoms with Crippen molar-refractivity contribution in [1.29, 1.82) is 0 Å². The second-order valence-electron chi connectivity index (χ2n) is 3.30. The van der Waals surface area contributed by atoms with Crippen LogP contribution in [0.25, 0.3) is 0 Å². The Morgan fingerprint density at radius 1 is 1.29 bits per heavy atom. The predicted molar refractivity (Wildman–Crippen MR) is 53.8 cm³/mol. The largest absolute Gasteiger partial charge is 0.480 e. The van der Waals surface area contributed by atoms with E-state index in [1.807, 2.05) is 6.92 Å². The minimum absolute atomic E-state index is 0.421. The SMILES string of the molecule is C/C=C/C=C/C(=O)NC(C)(C)C(=O)O. The van der Waals surface area contributed by atoms with Crippen LogP contribution in [0.15, 0.2) is 24.3 Å². The molecule has 0 rings (SSSR count). The van der Waals surface area contributed by atoms with Gasteiger partial charge < -0.3 is 10.4 Å². The van der Waals surface area contributed by atoms with E-state index in [0.29, 0.717) is 0 Å². The monoisotopic (exact) mass is 197 g/mol. The summed E-state index contributed by atoms with van der Waals surface area (Å²) in [6.45, 7) is 4.68. The van der Waals surface area contributed by atoms with E-state index in [-0.39, 0.29) is 0 Å². The highest BCUT2D eigenvalue weighted by Crippen LogP contribution is 2.01. The number of nitrogens with one attached hydrogen (secondary N) is 1. The molecule has 4 heteroatoms. The van der Waals surface area contributed by atoms with Crippen molar-refractivity contribution in [2.24, 2.45) is 0 Å². The summed E-state index contributed by atoms with van der Waals surface area (Å²) in [6, 6.07) is 0. The van der Waals surface area contributed by atoms with Gasteiger partial charge in [-0.15, -0.1) is 0 Å². The van der Waals surface area contributed by atoms with Crippen LogP contribution in [0.3, 0.4) is 0 Å². The van der Waals surface area contributed by atoms with Crippen molar-refractivity contribution >= 4 is 11.9 Å². The number of hydrogen-bond donors (Lipinski definition) is 2. The molecule has 0 fully saturated rings. The first-order valence-corrected chi connectivity index (χ1v) is 4.25. The van der Waals surface area contributed by atoms with Crippen LogP contribution in [0.2, 0.25) is 0 Å². The standard InChI is InChI=1S/C10H15NO3/c1-4-5-6-7-8(12)11-10(2,3)9(13)14/h4-7H,1-3H3,(H,11,12)(H,13,14)/b5-4+,7-6+. The van der Waals surface area contributed by atoms with Crippen LogP contribution in [-0.4, -0.2) is 22.5 Å². The van der Waals surface area contributed by atoms with Gasteiger partial charge in [0.25, 0.3) is 0 Å². The summed E-state index contributed by atoms with van der Waals surface area (Å²) >= 11 is 0. The highest BCUT2D eigenvalue weighted by molar-refractivity contribution is 5.92. The van der Waals surface area contributed by atoms with Crippen molar-refractivity contribution in [3.63, 3.8) is 0 Å². The number of carboxylic acid groups (broad SMARTS) is 1. The van der Waals surface area contributed by atoms with Crippen molar-refractivity contribution in [2.75, 3.05) is 0 Å². The van der Waals surface area contributed by atoms with E-state index in [4.69, 9.17) is 5.11 Å². The van der Waals surface area contributed by atoms with E-state index in [1.54, 1.807) is 18.2 Å². The van der Waals surface area contributed by atoms with Gasteiger partial charge in [-0.3, -0.25) is 4.79 Å². The van der Waals surface area contributed by atoms with Gasteiger partial charge in [0.2, 0.25) is 5.91 Å². The van der Waals surface area contributed by atoms with Crippen molar-refractivity contribution < 1.29 is 14.7 Å². The van der Waals surface area contributed by atoms with Crippen LogP contribution >= 0.6 is 0 Å². The zero-order valence-corrected chi connectivity index (χ0v) is 8.57. The summed E-state index contributed by atoms with van der Waals surface area (Å²) in [7, 11) is 0. The zero-order chi connectivity index (χ0) is 11.2. The molecule has 2 N–H and O–H groups in total. The molecule has 0 atom stereocenters. The van der Waals surface area contributed by atoms with Crippen molar-refractivity contribution in [3.05, 3.63) is 24.3 Å². The first kappa shape index (κ1) is 12.4. The Labute approximate surface area is 83.3 Å². The fourth-order valence-corrected chi connectivity index (χ4v) is 0.657. The molecule has 0 heterocycles. The van der Waals surface area contributed by atoms with E-state index in [9.17, 15) is 9.59 Å². The van der Waals surface area contributed by atoms with Crippen molar-refractivity contribution in [1.82, 2.24) is 5.32 Å². The first-order chi connectivity index (χ1) is 6.40. The molecule has 0 aliphatic heterocycles. The Hall–Kier alpha value is -1.58. The summed E-state index contributed by atoms with van der Waals surface area (Å²) < 4.78 is 0. The summed E-state index contributed by atoms with van der Waals surface area (Å²) in [5, 5.41) is 11.1. The summed E-state index contributed by atoms with van der Waals surface area (Å²) in [4.78, 5) is 21.8. The minimum atomic E-state index is -1.24. The molecule has 0 aliphatic rings. The fourth-order valence-electron chi connectivity index (χ4n) is 0.657. The minimum Gasteiger partial charge on any atom is -0.480 e. The number of allylic oxidation sites excluding steroid dienone is 3. The molecular weight excluding hydrogens is 182 g/mol. The molecular formula is C10H15NO3. The van der Waals surface area contributed by atoms with Gasteiger partial charge in [-0.25, -0.2) is 4.79 Å². The number of rotatable bonds is 4. The number of carbonyl (C=O) groups excluding carboxylic acids is 1. The van der Waals surface area contributed by atoms with Crippen LogP contribution in [-0.2, 0) is 9.59 Å². The lowest BCUT2D eigenvalue weighted by molar-refractivity contribution is -0.145. The van der Waals surface area contributed by atoms with Gasteiger partial charge in [0.15, 0.2) is 0 Å². The molecule has 0 aromatic rings. The second-order valence-corrected chi connectivity index (χ2v) is 3.30. The van der Waals surface area contributed by atoms with Gasteiger partial charge in [0, 0.05) is 6.08 Å². The lowest BCUT2D eigenvalue weighted by Gasteiger charge is -2.19. The second kappa shape index (κ2) is 5.21. The molecule has 14 heavy (non-hydrogen) atoms. The highest BCUT2D eigenvalue weighted by Gasteiger charge is 2.27. The molecule has 78 valence electrons. The van der Waals surface area contributed by atoms with Crippen LogP contribution in [0.4, 0.5) is 0 Å². The number of carboxylic acids is 1. The van der Waals surface area contributed by atoms with Gasteiger partial charge in [-0.2, -0.15) is 0 Å². The van der Waals surface area contributed by atoms with Crippen LogP contribution in [0, 0.1) is 0 Å². The van der Waals surface area contributed by atoms with Crippen molar-refractivity contribution in [3.8, 4) is 0 Å².